The zero-order valence-electron chi connectivity index (χ0n) is 12.5. The average molecular weight is 288 g/mol. The molecule has 0 saturated carbocycles. The maximum atomic E-state index is 13.3. The van der Waals surface area contributed by atoms with Crippen molar-refractivity contribution in [3.05, 3.63) is 58.4 Å². The molecule has 0 amide bonds. The van der Waals surface area contributed by atoms with Crippen LogP contribution in [-0.2, 0) is 0 Å². The standard InChI is InChI=1S/C17H17FO3/c1-10-8-15(20-3)16(21-4)9-13(10)17(19)12-5-6-14(18)11(2)7-12/h5-9H,1-4H3. The number of carbonyl (C=O) groups is 1. The molecule has 0 aliphatic heterocycles. The molecule has 2 aromatic rings. The predicted molar refractivity (Wildman–Crippen MR) is 78.9 cm³/mol. The maximum absolute atomic E-state index is 13.3. The van der Waals surface area contributed by atoms with Crippen LogP contribution in [-0.4, -0.2) is 20.0 Å². The van der Waals surface area contributed by atoms with E-state index in [1.54, 1.807) is 32.2 Å². The van der Waals surface area contributed by atoms with Crippen molar-refractivity contribution in [2.45, 2.75) is 13.8 Å². The number of hydrogen-bond acceptors (Lipinski definition) is 3. The van der Waals surface area contributed by atoms with Crippen molar-refractivity contribution in [1.29, 1.82) is 0 Å². The molecule has 0 saturated heterocycles. The Hall–Kier alpha value is -2.36. The first-order chi connectivity index (χ1) is 9.97. The predicted octanol–water partition coefficient (Wildman–Crippen LogP) is 3.69. The Morgan fingerprint density at radius 2 is 1.57 bits per heavy atom. The monoisotopic (exact) mass is 288 g/mol. The molecule has 4 heteroatoms. The van der Waals surface area contributed by atoms with Crippen molar-refractivity contribution in [2.75, 3.05) is 14.2 Å². The Labute approximate surface area is 123 Å². The second kappa shape index (κ2) is 5.95. The first-order valence-corrected chi connectivity index (χ1v) is 6.51. The fourth-order valence-electron chi connectivity index (χ4n) is 2.17. The van der Waals surface area contributed by atoms with Crippen molar-refractivity contribution in [3.63, 3.8) is 0 Å². The number of ketones is 1. The van der Waals surface area contributed by atoms with Gasteiger partial charge in [0.05, 0.1) is 14.2 Å². The number of rotatable bonds is 4. The molecule has 0 bridgehead atoms. The minimum atomic E-state index is -0.324. The highest BCUT2D eigenvalue weighted by Gasteiger charge is 2.16. The van der Waals surface area contributed by atoms with Gasteiger partial charge in [0.15, 0.2) is 17.3 Å². The SMILES string of the molecule is COc1cc(C)c(C(=O)c2ccc(F)c(C)c2)cc1OC. The van der Waals surface area contributed by atoms with Crippen molar-refractivity contribution < 1.29 is 18.7 Å². The summed E-state index contributed by atoms with van der Waals surface area (Å²) in [5.41, 5.74) is 2.18. The highest BCUT2D eigenvalue weighted by molar-refractivity contribution is 6.10. The lowest BCUT2D eigenvalue weighted by Crippen LogP contribution is -2.06. The van der Waals surface area contributed by atoms with Crippen LogP contribution in [0.3, 0.4) is 0 Å². The summed E-state index contributed by atoms with van der Waals surface area (Å²) >= 11 is 0. The molecule has 0 aliphatic carbocycles. The number of carbonyl (C=O) groups excluding carboxylic acids is 1. The average Bonchev–Trinajstić information content (AvgIpc) is 2.49. The van der Waals surface area contributed by atoms with Crippen LogP contribution in [0.15, 0.2) is 30.3 Å². The molecule has 21 heavy (non-hydrogen) atoms. The molecule has 0 fully saturated rings. The van der Waals surface area contributed by atoms with Crippen molar-refractivity contribution in [2.24, 2.45) is 0 Å². The van der Waals surface area contributed by atoms with Gasteiger partial charge in [-0.2, -0.15) is 0 Å². The highest BCUT2D eigenvalue weighted by Crippen LogP contribution is 2.31. The Morgan fingerprint density at radius 1 is 0.952 bits per heavy atom. The molecule has 0 unspecified atom stereocenters. The van der Waals surface area contributed by atoms with Crippen molar-refractivity contribution in [3.8, 4) is 11.5 Å². The molecule has 0 spiro atoms. The molecule has 0 N–H and O–H groups in total. The lowest BCUT2D eigenvalue weighted by Gasteiger charge is -2.12. The molecule has 3 nitrogen and oxygen atoms in total. The number of halogens is 1. The molecule has 0 aliphatic rings. The van der Waals surface area contributed by atoms with Gasteiger partial charge in [-0.15, -0.1) is 0 Å². The van der Waals surface area contributed by atoms with Crippen LogP contribution < -0.4 is 9.47 Å². The molecular weight excluding hydrogens is 271 g/mol. The first-order valence-electron chi connectivity index (χ1n) is 6.51. The summed E-state index contributed by atoms with van der Waals surface area (Å²) in [6, 6.07) is 7.74. The van der Waals surface area contributed by atoms with Crippen LogP contribution in [0.25, 0.3) is 0 Å². The minimum absolute atomic E-state index is 0.170. The van der Waals surface area contributed by atoms with Crippen LogP contribution in [0.4, 0.5) is 4.39 Å². The quantitative estimate of drug-likeness (QED) is 0.805. The number of benzene rings is 2. The van der Waals surface area contributed by atoms with Gasteiger partial charge in [0.2, 0.25) is 0 Å². The molecule has 0 aromatic heterocycles. The van der Waals surface area contributed by atoms with E-state index in [2.05, 4.69) is 0 Å². The third-order valence-corrected chi connectivity index (χ3v) is 3.40. The highest BCUT2D eigenvalue weighted by atomic mass is 19.1. The van der Waals surface area contributed by atoms with Gasteiger partial charge in [-0.3, -0.25) is 4.79 Å². The Morgan fingerprint density at radius 3 is 2.14 bits per heavy atom. The van der Waals surface area contributed by atoms with E-state index in [1.807, 2.05) is 6.92 Å². The summed E-state index contributed by atoms with van der Waals surface area (Å²) in [5, 5.41) is 0. The van der Waals surface area contributed by atoms with Gasteiger partial charge < -0.3 is 9.47 Å². The molecule has 0 atom stereocenters. The third kappa shape index (κ3) is 2.89. The van der Waals surface area contributed by atoms with E-state index in [9.17, 15) is 9.18 Å². The van der Waals surface area contributed by atoms with Crippen LogP contribution in [0.2, 0.25) is 0 Å². The molecule has 2 aromatic carbocycles. The van der Waals surface area contributed by atoms with E-state index in [4.69, 9.17) is 9.47 Å². The Balaban J connectivity index is 2.50. The largest absolute Gasteiger partial charge is 0.493 e. The third-order valence-electron chi connectivity index (χ3n) is 3.40. The summed E-state index contributed by atoms with van der Waals surface area (Å²) in [6.45, 7) is 3.46. The summed E-state index contributed by atoms with van der Waals surface area (Å²) in [7, 11) is 3.06. The van der Waals surface area contributed by atoms with E-state index in [-0.39, 0.29) is 11.6 Å². The van der Waals surface area contributed by atoms with Gasteiger partial charge in [0.1, 0.15) is 5.82 Å². The zero-order valence-corrected chi connectivity index (χ0v) is 12.5. The van der Waals surface area contributed by atoms with Gasteiger partial charge in [-0.1, -0.05) is 0 Å². The molecule has 110 valence electrons. The first kappa shape index (κ1) is 15.0. The summed E-state index contributed by atoms with van der Waals surface area (Å²) in [6.07, 6.45) is 0. The van der Waals surface area contributed by atoms with E-state index >= 15 is 0 Å². The normalized spacial score (nSPS) is 10.3. The van der Waals surface area contributed by atoms with Gasteiger partial charge in [-0.25, -0.2) is 4.39 Å². The van der Waals surface area contributed by atoms with E-state index < -0.39 is 0 Å². The van der Waals surface area contributed by atoms with Crippen LogP contribution in [0.1, 0.15) is 27.0 Å². The topological polar surface area (TPSA) is 35.5 Å². The number of aryl methyl sites for hydroxylation is 2. The lowest BCUT2D eigenvalue weighted by molar-refractivity contribution is 0.103. The van der Waals surface area contributed by atoms with Crippen LogP contribution in [0, 0.1) is 19.7 Å². The molecule has 0 heterocycles. The van der Waals surface area contributed by atoms with Crippen molar-refractivity contribution in [1.82, 2.24) is 0 Å². The summed E-state index contributed by atoms with van der Waals surface area (Å²) in [4.78, 5) is 12.6. The van der Waals surface area contributed by atoms with E-state index in [0.29, 0.717) is 28.2 Å². The second-order valence-electron chi connectivity index (χ2n) is 4.82. The Bertz CT molecular complexity index is 693. The van der Waals surface area contributed by atoms with Gasteiger partial charge in [0.25, 0.3) is 0 Å². The van der Waals surface area contributed by atoms with Crippen LogP contribution >= 0.6 is 0 Å². The summed E-state index contributed by atoms with van der Waals surface area (Å²) in [5.74, 6) is 0.569. The molecular formula is C17H17FO3. The number of hydrogen-bond donors (Lipinski definition) is 0. The second-order valence-corrected chi connectivity index (χ2v) is 4.82. The number of ether oxygens (including phenoxy) is 2. The van der Waals surface area contributed by atoms with E-state index in [0.717, 1.165) is 5.56 Å². The lowest BCUT2D eigenvalue weighted by atomic mass is 9.97. The smallest absolute Gasteiger partial charge is 0.193 e. The fourth-order valence-corrected chi connectivity index (χ4v) is 2.17. The molecule has 2 rings (SSSR count). The van der Waals surface area contributed by atoms with Gasteiger partial charge >= 0.3 is 0 Å². The zero-order chi connectivity index (χ0) is 15.6. The minimum Gasteiger partial charge on any atom is -0.493 e. The Kier molecular flexibility index (Phi) is 4.26. The van der Waals surface area contributed by atoms with Gasteiger partial charge in [0, 0.05) is 11.1 Å². The van der Waals surface area contributed by atoms with Crippen molar-refractivity contribution >= 4 is 5.78 Å². The molecule has 0 radical (unpaired) electrons. The fraction of sp³-hybridized carbons (Fsp3) is 0.235. The number of methoxy groups -OCH3 is 2. The summed E-state index contributed by atoms with van der Waals surface area (Å²) < 4.78 is 23.7. The van der Waals surface area contributed by atoms with Crippen LogP contribution in [0.5, 0.6) is 11.5 Å². The van der Waals surface area contributed by atoms with Gasteiger partial charge in [-0.05, 0) is 55.3 Å². The van der Waals surface area contributed by atoms with E-state index in [1.165, 1.54) is 19.2 Å². The maximum Gasteiger partial charge on any atom is 0.193 e.